The summed E-state index contributed by atoms with van der Waals surface area (Å²) < 4.78 is 7.54. The van der Waals surface area contributed by atoms with E-state index in [0.717, 1.165) is 76.9 Å². The average Bonchev–Trinajstić information content (AvgIpc) is 3.12. The van der Waals surface area contributed by atoms with Gasteiger partial charge in [0.25, 0.3) is 5.91 Å². The Bertz CT molecular complexity index is 743. The van der Waals surface area contributed by atoms with Gasteiger partial charge < -0.3 is 23.9 Å². The van der Waals surface area contributed by atoms with Crippen molar-refractivity contribution < 1.29 is 14.3 Å². The van der Waals surface area contributed by atoms with Crippen LogP contribution in [0.25, 0.3) is 0 Å². The number of likely N-dealkylation sites (tertiary alicyclic amines) is 1. The van der Waals surface area contributed by atoms with Crippen LogP contribution in [0.2, 0.25) is 0 Å². The molecular formula is C25H41N3O3. The number of carbonyl (C=O) groups is 2. The van der Waals surface area contributed by atoms with Crippen molar-refractivity contribution in [2.45, 2.75) is 71.4 Å². The number of unbranched alkanes of at least 4 members (excludes halogenated alkanes) is 1. The molecule has 0 bridgehead atoms. The number of fused-ring (bicyclic) bond motifs is 1. The van der Waals surface area contributed by atoms with Crippen molar-refractivity contribution in [3.05, 3.63) is 23.0 Å². The van der Waals surface area contributed by atoms with Crippen LogP contribution in [0.4, 0.5) is 0 Å². The molecule has 6 heteroatoms. The Hall–Kier alpha value is -1.66. The summed E-state index contributed by atoms with van der Waals surface area (Å²) in [5, 5.41) is 0. The lowest BCUT2D eigenvalue weighted by atomic mass is 9.94. The summed E-state index contributed by atoms with van der Waals surface area (Å²) in [6, 6.07) is 2.25. The molecule has 1 saturated heterocycles. The van der Waals surface area contributed by atoms with E-state index in [1.165, 1.54) is 24.1 Å². The minimum absolute atomic E-state index is 0.000229. The van der Waals surface area contributed by atoms with Crippen LogP contribution in [0.1, 0.15) is 67.7 Å². The molecule has 1 aliphatic heterocycles. The topological polar surface area (TPSA) is 54.8 Å². The Morgan fingerprint density at radius 2 is 2.03 bits per heavy atom. The largest absolute Gasteiger partial charge is 0.385 e. The van der Waals surface area contributed by atoms with Crippen LogP contribution in [-0.2, 0) is 28.9 Å². The number of carbonyl (C=O) groups excluding carboxylic acids is 2. The van der Waals surface area contributed by atoms with Gasteiger partial charge in [0.15, 0.2) is 0 Å². The number of hydrogen-bond acceptors (Lipinski definition) is 4. The van der Waals surface area contributed by atoms with Crippen LogP contribution < -0.4 is 0 Å². The molecule has 174 valence electrons. The number of likely N-dealkylation sites (N-methyl/N-ethyl adjacent to an activating group) is 1. The summed E-state index contributed by atoms with van der Waals surface area (Å²) in [7, 11) is 3.79. The van der Waals surface area contributed by atoms with Gasteiger partial charge >= 0.3 is 0 Å². The molecule has 31 heavy (non-hydrogen) atoms. The predicted molar refractivity (Wildman–Crippen MR) is 124 cm³/mol. The van der Waals surface area contributed by atoms with Crippen LogP contribution in [0.3, 0.4) is 0 Å². The van der Waals surface area contributed by atoms with Crippen molar-refractivity contribution in [2.75, 3.05) is 40.4 Å². The number of aldehydes is 1. The van der Waals surface area contributed by atoms with Gasteiger partial charge in [0.05, 0.1) is 0 Å². The van der Waals surface area contributed by atoms with Crippen molar-refractivity contribution in [1.82, 2.24) is 14.4 Å². The number of methoxy groups -OCH3 is 1. The number of aromatic nitrogens is 1. The minimum Gasteiger partial charge on any atom is -0.385 e. The Labute approximate surface area is 187 Å². The van der Waals surface area contributed by atoms with Crippen molar-refractivity contribution in [3.63, 3.8) is 0 Å². The Kier molecular flexibility index (Phi) is 8.73. The van der Waals surface area contributed by atoms with Crippen molar-refractivity contribution in [2.24, 2.45) is 11.8 Å². The molecule has 0 aromatic carbocycles. The number of nitrogens with zero attached hydrogens (tertiary/aromatic N) is 3. The van der Waals surface area contributed by atoms with Gasteiger partial charge in [-0.25, -0.2) is 0 Å². The molecule has 0 spiro atoms. The third-order valence-electron chi connectivity index (χ3n) is 6.71. The molecule has 0 radical (unpaired) electrons. The molecule has 1 amide bonds. The number of rotatable bonds is 10. The van der Waals surface area contributed by atoms with Crippen LogP contribution >= 0.6 is 0 Å². The van der Waals surface area contributed by atoms with E-state index < -0.39 is 0 Å². The Balaban J connectivity index is 1.89. The Morgan fingerprint density at radius 1 is 1.26 bits per heavy atom. The lowest BCUT2D eigenvalue weighted by Crippen LogP contribution is -2.53. The lowest BCUT2D eigenvalue weighted by molar-refractivity contribution is -0.113. The van der Waals surface area contributed by atoms with E-state index in [0.29, 0.717) is 5.92 Å². The molecule has 0 N–H and O–H groups in total. The van der Waals surface area contributed by atoms with Crippen LogP contribution in [0.15, 0.2) is 6.07 Å². The zero-order chi connectivity index (χ0) is 22.4. The first-order valence-electron chi connectivity index (χ1n) is 12.1. The second kappa shape index (κ2) is 11.3. The summed E-state index contributed by atoms with van der Waals surface area (Å²) >= 11 is 0. The van der Waals surface area contributed by atoms with Gasteiger partial charge in [-0.2, -0.15) is 0 Å². The van der Waals surface area contributed by atoms with Crippen LogP contribution in [0.5, 0.6) is 0 Å². The number of amides is 1. The molecule has 1 aromatic heterocycles. The van der Waals surface area contributed by atoms with E-state index in [4.69, 9.17) is 4.74 Å². The maximum Gasteiger partial charge on any atom is 0.270 e. The molecule has 3 rings (SSSR count). The maximum absolute atomic E-state index is 14.0. The predicted octanol–water partition coefficient (Wildman–Crippen LogP) is 3.41. The van der Waals surface area contributed by atoms with Gasteiger partial charge in [-0.15, -0.1) is 0 Å². The van der Waals surface area contributed by atoms with E-state index >= 15 is 0 Å². The van der Waals surface area contributed by atoms with Gasteiger partial charge in [0.2, 0.25) is 0 Å². The summed E-state index contributed by atoms with van der Waals surface area (Å²) in [6.07, 6.45) is 8.39. The molecule has 1 aliphatic carbocycles. The molecule has 6 nitrogen and oxygen atoms in total. The monoisotopic (exact) mass is 431 g/mol. The van der Waals surface area contributed by atoms with Crippen molar-refractivity contribution >= 4 is 12.2 Å². The first-order valence-corrected chi connectivity index (χ1v) is 12.1. The first-order chi connectivity index (χ1) is 14.9. The van der Waals surface area contributed by atoms with E-state index in [1.807, 2.05) is 0 Å². The Morgan fingerprint density at radius 3 is 2.74 bits per heavy atom. The zero-order valence-corrected chi connectivity index (χ0v) is 19.9. The molecule has 2 aliphatic rings. The molecular weight excluding hydrogens is 390 g/mol. The normalized spacial score (nSPS) is 21.8. The highest BCUT2D eigenvalue weighted by Crippen LogP contribution is 2.28. The highest BCUT2D eigenvalue weighted by atomic mass is 16.5. The third-order valence-corrected chi connectivity index (χ3v) is 6.71. The molecule has 1 fully saturated rings. The second-order valence-corrected chi connectivity index (χ2v) is 9.92. The van der Waals surface area contributed by atoms with E-state index in [1.54, 1.807) is 7.11 Å². The minimum atomic E-state index is 0.000229. The first kappa shape index (κ1) is 24.0. The van der Waals surface area contributed by atoms with Gasteiger partial charge in [-0.05, 0) is 69.5 Å². The zero-order valence-electron chi connectivity index (χ0n) is 19.9. The van der Waals surface area contributed by atoms with E-state index in [2.05, 4.69) is 41.3 Å². The maximum atomic E-state index is 14.0. The van der Waals surface area contributed by atoms with Crippen LogP contribution in [0, 0.1) is 11.8 Å². The van der Waals surface area contributed by atoms with E-state index in [9.17, 15) is 9.59 Å². The summed E-state index contributed by atoms with van der Waals surface area (Å²) in [6.45, 7) is 8.30. The molecule has 1 aromatic rings. The van der Waals surface area contributed by atoms with Gasteiger partial charge in [0, 0.05) is 57.5 Å². The van der Waals surface area contributed by atoms with Gasteiger partial charge in [-0.3, -0.25) is 4.79 Å². The summed E-state index contributed by atoms with van der Waals surface area (Å²) in [4.78, 5) is 29.8. The van der Waals surface area contributed by atoms with Gasteiger partial charge in [-0.1, -0.05) is 13.8 Å². The fraction of sp³-hybridized carbons (Fsp3) is 0.760. The quantitative estimate of drug-likeness (QED) is 0.421. The van der Waals surface area contributed by atoms with Gasteiger partial charge in [0.1, 0.15) is 12.0 Å². The van der Waals surface area contributed by atoms with Crippen LogP contribution in [-0.4, -0.2) is 73.0 Å². The smallest absolute Gasteiger partial charge is 0.270 e. The second-order valence-electron chi connectivity index (χ2n) is 9.92. The summed E-state index contributed by atoms with van der Waals surface area (Å²) in [5.41, 5.74) is 3.57. The number of aryl methyl sites for hydroxylation is 1. The summed E-state index contributed by atoms with van der Waals surface area (Å²) in [5.74, 6) is 0.519. The highest BCUT2D eigenvalue weighted by Gasteiger charge is 2.34. The molecule has 2 unspecified atom stereocenters. The average molecular weight is 432 g/mol. The molecule has 2 heterocycles. The third kappa shape index (κ3) is 5.98. The number of piperidine rings is 1. The highest BCUT2D eigenvalue weighted by molar-refractivity contribution is 5.93. The fourth-order valence-corrected chi connectivity index (χ4v) is 5.31. The SMILES string of the molecule is COCCCCn1c(C(=O)N(CC(C)C)C2CC(C=O)CN(C)C2)cc2c1CCCC2. The standard InChI is InChI=1S/C25H41N3O3/c1-19(2)15-28(22-13-20(18-29)16-26(3)17-22)25(30)24-14-21-9-5-6-10-23(21)27(24)11-7-8-12-31-4/h14,18-20,22H,5-13,15-17H2,1-4H3. The molecule has 0 saturated carbocycles. The fourth-order valence-electron chi connectivity index (χ4n) is 5.31. The van der Waals surface area contributed by atoms with Crippen molar-refractivity contribution in [1.29, 1.82) is 0 Å². The number of hydrogen-bond donors (Lipinski definition) is 0. The van der Waals surface area contributed by atoms with Crippen molar-refractivity contribution in [3.8, 4) is 0 Å². The number of ether oxygens (including phenoxy) is 1. The molecule has 2 atom stereocenters. The lowest BCUT2D eigenvalue weighted by Gasteiger charge is -2.41. The van der Waals surface area contributed by atoms with E-state index in [-0.39, 0.29) is 17.9 Å².